The van der Waals surface area contributed by atoms with E-state index in [1.165, 1.54) is 19.3 Å². The van der Waals surface area contributed by atoms with Crippen LogP contribution in [0.15, 0.2) is 0 Å². The summed E-state index contributed by atoms with van der Waals surface area (Å²) in [5.41, 5.74) is 0. The highest BCUT2D eigenvalue weighted by Gasteiger charge is 2.32. The summed E-state index contributed by atoms with van der Waals surface area (Å²) in [7, 11) is 5.47. The second-order valence-electron chi connectivity index (χ2n) is 3.95. The van der Waals surface area contributed by atoms with Gasteiger partial charge in [-0.15, -0.1) is 0 Å². The Morgan fingerprint density at radius 3 is 2.00 bits per heavy atom. The lowest BCUT2D eigenvalue weighted by atomic mass is 10.1. The summed E-state index contributed by atoms with van der Waals surface area (Å²) in [6, 6.07) is 0. The second kappa shape index (κ2) is 8.08. The van der Waals surface area contributed by atoms with Crippen molar-refractivity contribution >= 4 is 0 Å². The molecule has 92 valence electrons. The van der Waals surface area contributed by atoms with Gasteiger partial charge in [0, 0.05) is 20.6 Å². The molecule has 0 bridgehead atoms. The first-order valence-electron chi connectivity index (χ1n) is 5.98. The molecule has 0 saturated heterocycles. The molecule has 0 aliphatic rings. The van der Waals surface area contributed by atoms with Gasteiger partial charge in [-0.05, 0) is 20.0 Å². The Morgan fingerprint density at radius 2 is 1.60 bits per heavy atom. The summed E-state index contributed by atoms with van der Waals surface area (Å²) in [5, 5.41) is 0. The van der Waals surface area contributed by atoms with E-state index in [4.69, 9.17) is 9.47 Å². The molecule has 0 radical (unpaired) electrons. The van der Waals surface area contributed by atoms with Crippen LogP contribution >= 0.6 is 0 Å². The van der Waals surface area contributed by atoms with E-state index in [1.54, 1.807) is 14.2 Å². The fraction of sp³-hybridized carbons (Fsp3) is 1.00. The first-order chi connectivity index (χ1) is 7.16. The average Bonchev–Trinajstić information content (AvgIpc) is 2.29. The van der Waals surface area contributed by atoms with E-state index in [0.717, 1.165) is 19.4 Å². The van der Waals surface area contributed by atoms with E-state index in [2.05, 4.69) is 18.7 Å². The third-order valence-electron chi connectivity index (χ3n) is 3.04. The zero-order chi connectivity index (χ0) is 11.7. The molecule has 0 aromatic heterocycles. The number of hydrogen-bond acceptors (Lipinski definition) is 3. The molecule has 0 atom stereocenters. The molecule has 0 aliphatic carbocycles. The molecule has 0 spiro atoms. The molecule has 0 saturated carbocycles. The fourth-order valence-corrected chi connectivity index (χ4v) is 1.81. The molecule has 3 nitrogen and oxygen atoms in total. The highest BCUT2D eigenvalue weighted by molar-refractivity contribution is 4.67. The highest BCUT2D eigenvalue weighted by atomic mass is 16.7. The topological polar surface area (TPSA) is 21.7 Å². The van der Waals surface area contributed by atoms with Crippen LogP contribution in [-0.2, 0) is 9.47 Å². The van der Waals surface area contributed by atoms with Gasteiger partial charge in [-0.1, -0.05) is 33.1 Å². The zero-order valence-corrected chi connectivity index (χ0v) is 11.0. The Bertz CT molecular complexity index is 147. The van der Waals surface area contributed by atoms with Crippen molar-refractivity contribution in [2.45, 2.75) is 51.9 Å². The predicted molar refractivity (Wildman–Crippen MR) is 63.8 cm³/mol. The Kier molecular flexibility index (Phi) is 8.02. The SMILES string of the molecule is CCCCCCC(OC)(OC)N(C)CC. The first-order valence-corrected chi connectivity index (χ1v) is 5.98. The molecular formula is C12H27NO2. The Hall–Kier alpha value is -0.120. The smallest absolute Gasteiger partial charge is 0.229 e. The Labute approximate surface area is 94.7 Å². The molecule has 0 unspecified atom stereocenters. The van der Waals surface area contributed by atoms with E-state index < -0.39 is 5.91 Å². The van der Waals surface area contributed by atoms with Gasteiger partial charge in [0.1, 0.15) is 0 Å². The second-order valence-corrected chi connectivity index (χ2v) is 3.95. The number of hydrogen-bond donors (Lipinski definition) is 0. The molecule has 3 heteroatoms. The van der Waals surface area contributed by atoms with Crippen LogP contribution in [0, 0.1) is 0 Å². The molecule has 0 amide bonds. The van der Waals surface area contributed by atoms with Crippen LogP contribution in [0.5, 0.6) is 0 Å². The lowest BCUT2D eigenvalue weighted by molar-refractivity contribution is -0.292. The number of rotatable bonds is 9. The third-order valence-corrected chi connectivity index (χ3v) is 3.04. The maximum absolute atomic E-state index is 5.52. The van der Waals surface area contributed by atoms with Crippen molar-refractivity contribution < 1.29 is 9.47 Å². The number of nitrogens with zero attached hydrogens (tertiary/aromatic N) is 1. The van der Waals surface area contributed by atoms with Crippen LogP contribution in [-0.4, -0.2) is 38.6 Å². The maximum atomic E-state index is 5.52. The largest absolute Gasteiger partial charge is 0.341 e. The highest BCUT2D eigenvalue weighted by Crippen LogP contribution is 2.23. The van der Waals surface area contributed by atoms with Gasteiger partial charge < -0.3 is 9.47 Å². The van der Waals surface area contributed by atoms with Gasteiger partial charge in [0.15, 0.2) is 0 Å². The van der Waals surface area contributed by atoms with Crippen LogP contribution < -0.4 is 0 Å². The Morgan fingerprint density at radius 1 is 1.00 bits per heavy atom. The molecule has 0 aromatic carbocycles. The van der Waals surface area contributed by atoms with Crippen LogP contribution in [0.4, 0.5) is 0 Å². The normalized spacial score (nSPS) is 12.4. The average molecular weight is 217 g/mol. The lowest BCUT2D eigenvalue weighted by Crippen LogP contribution is -2.49. The van der Waals surface area contributed by atoms with Crippen molar-refractivity contribution in [2.24, 2.45) is 0 Å². The summed E-state index contributed by atoms with van der Waals surface area (Å²) in [5.74, 6) is -0.525. The van der Waals surface area contributed by atoms with E-state index in [0.29, 0.717) is 0 Å². The van der Waals surface area contributed by atoms with Gasteiger partial charge in [0.25, 0.3) is 0 Å². The van der Waals surface area contributed by atoms with Crippen molar-refractivity contribution in [1.82, 2.24) is 4.90 Å². The standard InChI is InChI=1S/C12H27NO2/c1-6-8-9-10-11-12(14-4,15-5)13(3)7-2/h6-11H2,1-5H3. The summed E-state index contributed by atoms with van der Waals surface area (Å²) in [6.45, 7) is 5.26. The van der Waals surface area contributed by atoms with Gasteiger partial charge in [-0.25, -0.2) is 0 Å². The molecule has 0 aliphatic heterocycles. The quantitative estimate of drug-likeness (QED) is 0.438. The molecule has 0 rings (SSSR count). The van der Waals surface area contributed by atoms with Gasteiger partial charge in [0.2, 0.25) is 5.91 Å². The monoisotopic (exact) mass is 217 g/mol. The number of ether oxygens (including phenoxy) is 2. The molecule has 15 heavy (non-hydrogen) atoms. The molecule has 0 N–H and O–H groups in total. The molecule has 0 heterocycles. The van der Waals surface area contributed by atoms with E-state index in [1.807, 2.05) is 7.05 Å². The minimum absolute atomic E-state index is 0.525. The van der Waals surface area contributed by atoms with E-state index in [-0.39, 0.29) is 0 Å². The Balaban J connectivity index is 4.12. The summed E-state index contributed by atoms with van der Waals surface area (Å²) >= 11 is 0. The minimum atomic E-state index is -0.525. The number of unbranched alkanes of at least 4 members (excludes halogenated alkanes) is 3. The minimum Gasteiger partial charge on any atom is -0.341 e. The van der Waals surface area contributed by atoms with Crippen LogP contribution in [0.25, 0.3) is 0 Å². The van der Waals surface area contributed by atoms with Crippen molar-refractivity contribution in [2.75, 3.05) is 27.8 Å². The summed E-state index contributed by atoms with van der Waals surface area (Å²) < 4.78 is 11.0. The molecule has 0 aromatic rings. The predicted octanol–water partition coefficient (Wildman–Crippen LogP) is 2.86. The van der Waals surface area contributed by atoms with Gasteiger partial charge in [-0.3, -0.25) is 4.90 Å². The zero-order valence-electron chi connectivity index (χ0n) is 11.0. The maximum Gasteiger partial charge on any atom is 0.229 e. The van der Waals surface area contributed by atoms with Gasteiger partial charge in [0.05, 0.1) is 0 Å². The van der Waals surface area contributed by atoms with E-state index >= 15 is 0 Å². The van der Waals surface area contributed by atoms with Crippen LogP contribution in [0.1, 0.15) is 46.0 Å². The van der Waals surface area contributed by atoms with Crippen molar-refractivity contribution in [3.63, 3.8) is 0 Å². The van der Waals surface area contributed by atoms with Crippen molar-refractivity contribution in [3.8, 4) is 0 Å². The third kappa shape index (κ3) is 4.49. The molecule has 0 fully saturated rings. The van der Waals surface area contributed by atoms with Gasteiger partial charge >= 0.3 is 0 Å². The first kappa shape index (κ1) is 14.9. The van der Waals surface area contributed by atoms with Crippen molar-refractivity contribution in [1.29, 1.82) is 0 Å². The summed E-state index contributed by atoms with van der Waals surface area (Å²) in [6.07, 6.45) is 5.89. The van der Waals surface area contributed by atoms with Crippen LogP contribution in [0.3, 0.4) is 0 Å². The van der Waals surface area contributed by atoms with Crippen molar-refractivity contribution in [3.05, 3.63) is 0 Å². The van der Waals surface area contributed by atoms with Crippen LogP contribution in [0.2, 0.25) is 0 Å². The summed E-state index contributed by atoms with van der Waals surface area (Å²) in [4.78, 5) is 2.11. The van der Waals surface area contributed by atoms with Gasteiger partial charge in [-0.2, -0.15) is 0 Å². The van der Waals surface area contributed by atoms with E-state index in [9.17, 15) is 0 Å². The lowest BCUT2D eigenvalue weighted by Gasteiger charge is -2.38. The molecular weight excluding hydrogens is 190 g/mol. The fourth-order valence-electron chi connectivity index (χ4n) is 1.81. The number of methoxy groups -OCH3 is 2.